The number of halogens is 2. The first kappa shape index (κ1) is 24.4. The maximum absolute atomic E-state index is 12.5. The van der Waals surface area contributed by atoms with Gasteiger partial charge in [0.05, 0.1) is 17.4 Å². The molecule has 0 saturated heterocycles. The second-order valence-electron chi connectivity index (χ2n) is 6.18. The molecule has 0 saturated carbocycles. The molecule has 3 aromatic rings. The van der Waals surface area contributed by atoms with Crippen LogP contribution >= 0.6 is 24.8 Å². The fraction of sp³-hybridized carbons (Fsp3) is 0.250. The molecule has 0 aliphatic carbocycles. The van der Waals surface area contributed by atoms with Crippen molar-refractivity contribution in [1.29, 1.82) is 0 Å². The predicted octanol–water partition coefficient (Wildman–Crippen LogP) is 3.39. The van der Waals surface area contributed by atoms with Crippen molar-refractivity contribution in [2.45, 2.75) is 13.3 Å². The summed E-state index contributed by atoms with van der Waals surface area (Å²) in [5.41, 5.74) is 3.20. The number of benzene rings is 2. The number of nitrogens with one attached hydrogen (secondary N) is 4. The Morgan fingerprint density at radius 1 is 0.966 bits per heavy atom. The number of amides is 2. The van der Waals surface area contributed by atoms with E-state index in [2.05, 4.69) is 32.8 Å². The van der Waals surface area contributed by atoms with Crippen molar-refractivity contribution in [2.75, 3.05) is 25.0 Å². The number of hydrogen-bond donors (Lipinski definition) is 4. The number of carbonyl (C=O) groups excluding carboxylic acids is 2. The molecule has 4 N–H and O–H groups in total. The lowest BCUT2D eigenvalue weighted by Gasteiger charge is -2.09. The summed E-state index contributed by atoms with van der Waals surface area (Å²) >= 11 is 0. The summed E-state index contributed by atoms with van der Waals surface area (Å²) in [5, 5.41) is 8.92. The van der Waals surface area contributed by atoms with Crippen LogP contribution in [0.1, 0.15) is 34.1 Å². The number of hydrogen-bond acceptors (Lipinski definition) is 4. The molecular weight excluding hydrogens is 413 g/mol. The summed E-state index contributed by atoms with van der Waals surface area (Å²) in [7, 11) is 0. The van der Waals surface area contributed by atoms with Gasteiger partial charge in [-0.25, -0.2) is 4.98 Å². The zero-order valence-electron chi connectivity index (χ0n) is 16.0. The highest BCUT2D eigenvalue weighted by Crippen LogP contribution is 2.15. The lowest BCUT2D eigenvalue weighted by molar-refractivity contribution is 0.0952. The SMILES string of the molecule is CCCNCCNC(=O)c1cccc(NC(=O)c2ccc3nc[nH]c3c2)c1.Cl.Cl. The summed E-state index contributed by atoms with van der Waals surface area (Å²) in [5.74, 6) is -0.406. The van der Waals surface area contributed by atoms with Crippen LogP contribution in [0.4, 0.5) is 5.69 Å². The van der Waals surface area contributed by atoms with E-state index in [1.165, 1.54) is 0 Å². The third-order valence-corrected chi connectivity index (χ3v) is 4.08. The molecule has 0 fully saturated rings. The molecule has 3 rings (SSSR count). The largest absolute Gasteiger partial charge is 0.351 e. The number of rotatable bonds is 8. The van der Waals surface area contributed by atoms with E-state index < -0.39 is 0 Å². The molecule has 9 heteroatoms. The van der Waals surface area contributed by atoms with Crippen LogP contribution in [0.25, 0.3) is 11.0 Å². The first-order chi connectivity index (χ1) is 13.2. The van der Waals surface area contributed by atoms with E-state index in [-0.39, 0.29) is 36.6 Å². The highest BCUT2D eigenvalue weighted by atomic mass is 35.5. The van der Waals surface area contributed by atoms with Crippen LogP contribution in [-0.4, -0.2) is 41.4 Å². The molecule has 156 valence electrons. The maximum atomic E-state index is 12.5. The van der Waals surface area contributed by atoms with Gasteiger partial charge in [-0.2, -0.15) is 0 Å². The molecule has 0 aliphatic rings. The standard InChI is InChI=1S/C20H23N5O2.2ClH/c1-2-8-21-9-10-22-19(26)14-4-3-5-16(11-14)25-20(27)15-6-7-17-18(12-15)24-13-23-17;;/h3-7,11-13,21H,2,8-10H2,1H3,(H,22,26)(H,23,24)(H,25,27);2*1H. The molecule has 7 nitrogen and oxygen atoms in total. The van der Waals surface area contributed by atoms with Gasteiger partial charge in [-0.05, 0) is 49.4 Å². The van der Waals surface area contributed by atoms with E-state index in [4.69, 9.17) is 0 Å². The van der Waals surface area contributed by atoms with E-state index >= 15 is 0 Å². The van der Waals surface area contributed by atoms with Crippen LogP contribution in [0.15, 0.2) is 48.8 Å². The fourth-order valence-electron chi connectivity index (χ4n) is 2.69. The molecule has 2 aromatic carbocycles. The third kappa shape index (κ3) is 6.74. The van der Waals surface area contributed by atoms with E-state index in [0.29, 0.717) is 23.4 Å². The monoisotopic (exact) mass is 437 g/mol. The fourth-order valence-corrected chi connectivity index (χ4v) is 2.69. The van der Waals surface area contributed by atoms with E-state index in [1.807, 2.05) is 0 Å². The number of nitrogens with zero attached hydrogens (tertiary/aromatic N) is 1. The zero-order valence-corrected chi connectivity index (χ0v) is 17.7. The van der Waals surface area contributed by atoms with Crippen LogP contribution in [0, 0.1) is 0 Å². The molecule has 0 bridgehead atoms. The molecular formula is C20H25Cl2N5O2. The highest BCUT2D eigenvalue weighted by Gasteiger charge is 2.10. The van der Waals surface area contributed by atoms with Crippen molar-refractivity contribution in [3.8, 4) is 0 Å². The molecule has 0 aliphatic heterocycles. The predicted molar refractivity (Wildman–Crippen MR) is 120 cm³/mol. The molecule has 0 spiro atoms. The first-order valence-electron chi connectivity index (χ1n) is 9.01. The van der Waals surface area contributed by atoms with E-state index in [1.54, 1.807) is 48.8 Å². The highest BCUT2D eigenvalue weighted by molar-refractivity contribution is 6.06. The molecule has 2 amide bonds. The van der Waals surface area contributed by atoms with Crippen molar-refractivity contribution in [3.63, 3.8) is 0 Å². The van der Waals surface area contributed by atoms with Gasteiger partial charge in [-0.3, -0.25) is 9.59 Å². The normalized spacial score (nSPS) is 9.97. The lowest BCUT2D eigenvalue weighted by atomic mass is 10.1. The number of carbonyl (C=O) groups is 2. The van der Waals surface area contributed by atoms with Crippen LogP contribution in [0.5, 0.6) is 0 Å². The van der Waals surface area contributed by atoms with Gasteiger partial charge in [0.25, 0.3) is 11.8 Å². The third-order valence-electron chi connectivity index (χ3n) is 4.08. The Labute approximate surface area is 181 Å². The molecule has 29 heavy (non-hydrogen) atoms. The summed E-state index contributed by atoms with van der Waals surface area (Å²) in [6.07, 6.45) is 2.65. The van der Waals surface area contributed by atoms with Gasteiger partial charge in [0.2, 0.25) is 0 Å². The summed E-state index contributed by atoms with van der Waals surface area (Å²) in [4.78, 5) is 31.8. The Kier molecular flexibility index (Phi) is 10.2. The summed E-state index contributed by atoms with van der Waals surface area (Å²) in [6.45, 7) is 4.31. The quantitative estimate of drug-likeness (QED) is 0.405. The van der Waals surface area contributed by atoms with Gasteiger partial charge in [0.1, 0.15) is 0 Å². The van der Waals surface area contributed by atoms with Crippen molar-refractivity contribution in [3.05, 3.63) is 59.9 Å². The molecule has 1 aromatic heterocycles. The number of aromatic amines is 1. The van der Waals surface area contributed by atoms with Gasteiger partial charge in [0.15, 0.2) is 0 Å². The van der Waals surface area contributed by atoms with E-state index in [0.717, 1.165) is 30.5 Å². The molecule has 0 atom stereocenters. The Hall–Kier alpha value is -2.61. The molecule has 0 unspecified atom stereocenters. The Morgan fingerprint density at radius 2 is 1.76 bits per heavy atom. The molecule has 1 heterocycles. The second kappa shape index (κ2) is 12.1. The minimum atomic E-state index is -0.243. The van der Waals surface area contributed by atoms with Gasteiger partial charge in [-0.1, -0.05) is 13.0 Å². The van der Waals surface area contributed by atoms with Gasteiger partial charge in [-0.15, -0.1) is 24.8 Å². The average Bonchev–Trinajstić information content (AvgIpc) is 3.15. The number of fused-ring (bicyclic) bond motifs is 1. The Balaban J connectivity index is 0.00000210. The topological polar surface area (TPSA) is 98.9 Å². The smallest absolute Gasteiger partial charge is 0.255 e. The maximum Gasteiger partial charge on any atom is 0.255 e. The second-order valence-corrected chi connectivity index (χ2v) is 6.18. The average molecular weight is 438 g/mol. The Morgan fingerprint density at radius 3 is 2.55 bits per heavy atom. The van der Waals surface area contributed by atoms with Crippen molar-refractivity contribution >= 4 is 53.3 Å². The van der Waals surface area contributed by atoms with Crippen molar-refractivity contribution < 1.29 is 9.59 Å². The van der Waals surface area contributed by atoms with Crippen LogP contribution in [-0.2, 0) is 0 Å². The minimum absolute atomic E-state index is 0. The Bertz CT molecular complexity index is 945. The van der Waals surface area contributed by atoms with E-state index in [9.17, 15) is 9.59 Å². The minimum Gasteiger partial charge on any atom is -0.351 e. The number of aromatic nitrogens is 2. The van der Waals surface area contributed by atoms with Crippen LogP contribution < -0.4 is 16.0 Å². The number of anilines is 1. The number of H-pyrrole nitrogens is 1. The summed E-state index contributed by atoms with van der Waals surface area (Å²) in [6, 6.07) is 12.2. The van der Waals surface area contributed by atoms with Crippen LogP contribution in [0.3, 0.4) is 0 Å². The van der Waals surface area contributed by atoms with Gasteiger partial charge < -0.3 is 20.9 Å². The molecule has 0 radical (unpaired) electrons. The number of imidazole rings is 1. The first-order valence-corrected chi connectivity index (χ1v) is 9.01. The zero-order chi connectivity index (χ0) is 19.1. The van der Waals surface area contributed by atoms with Gasteiger partial charge in [0, 0.05) is 29.9 Å². The summed E-state index contributed by atoms with van der Waals surface area (Å²) < 4.78 is 0. The van der Waals surface area contributed by atoms with Crippen LogP contribution in [0.2, 0.25) is 0 Å². The lowest BCUT2D eigenvalue weighted by Crippen LogP contribution is -2.32. The van der Waals surface area contributed by atoms with Crippen molar-refractivity contribution in [1.82, 2.24) is 20.6 Å². The van der Waals surface area contributed by atoms with Gasteiger partial charge >= 0.3 is 0 Å². The van der Waals surface area contributed by atoms with Crippen molar-refractivity contribution in [2.24, 2.45) is 0 Å².